The van der Waals surface area contributed by atoms with Gasteiger partial charge in [-0.25, -0.2) is 0 Å². The fourth-order valence-electron chi connectivity index (χ4n) is 4.66. The largest absolute Gasteiger partial charge is 0.497 e. The minimum Gasteiger partial charge on any atom is -0.497 e. The first kappa shape index (κ1) is 18.0. The molecule has 150 valence electrons. The number of fused-ring (bicyclic) bond motifs is 4. The van der Waals surface area contributed by atoms with Crippen molar-refractivity contribution in [2.24, 2.45) is 0 Å². The highest BCUT2D eigenvalue weighted by Crippen LogP contribution is 2.50. The molecule has 2 aliphatic heterocycles. The van der Waals surface area contributed by atoms with E-state index < -0.39 is 5.72 Å². The van der Waals surface area contributed by atoms with Gasteiger partial charge in [0.25, 0.3) is 5.69 Å². The second-order valence-electron chi connectivity index (χ2n) is 7.82. The Morgan fingerprint density at radius 2 is 1.93 bits per heavy atom. The highest BCUT2D eigenvalue weighted by atomic mass is 16.6. The first-order chi connectivity index (χ1) is 14.1. The van der Waals surface area contributed by atoms with Gasteiger partial charge in [-0.3, -0.25) is 10.1 Å². The third-order valence-electron chi connectivity index (χ3n) is 6.14. The second-order valence-corrected chi connectivity index (χ2v) is 7.82. The summed E-state index contributed by atoms with van der Waals surface area (Å²) >= 11 is 0. The number of nitrogens with zero attached hydrogens (tertiary/aromatic N) is 2. The molecule has 5 rings (SSSR count). The van der Waals surface area contributed by atoms with Crippen molar-refractivity contribution in [3.05, 3.63) is 69.8 Å². The minimum absolute atomic E-state index is 0.0817. The van der Waals surface area contributed by atoms with E-state index in [9.17, 15) is 10.1 Å². The van der Waals surface area contributed by atoms with Gasteiger partial charge in [-0.15, -0.1) is 0 Å². The number of hydrogen-bond donors (Lipinski definition) is 1. The average Bonchev–Trinajstić information content (AvgIpc) is 3.21. The number of hydrazine groups is 1. The van der Waals surface area contributed by atoms with Gasteiger partial charge in [0.15, 0.2) is 5.72 Å². The van der Waals surface area contributed by atoms with Crippen LogP contribution in [0.5, 0.6) is 11.5 Å². The maximum Gasteiger partial charge on any atom is 0.270 e. The van der Waals surface area contributed by atoms with Gasteiger partial charge in [0.1, 0.15) is 11.5 Å². The van der Waals surface area contributed by atoms with Gasteiger partial charge >= 0.3 is 0 Å². The van der Waals surface area contributed by atoms with Crippen LogP contribution in [0.3, 0.4) is 0 Å². The molecule has 2 aromatic carbocycles. The molecule has 1 spiro atoms. The summed E-state index contributed by atoms with van der Waals surface area (Å²) in [5.41, 5.74) is 6.05. The lowest BCUT2D eigenvalue weighted by molar-refractivity contribution is -0.385. The number of rotatable bonds is 3. The number of hydrogen-bond acceptors (Lipinski definition) is 6. The van der Waals surface area contributed by atoms with Gasteiger partial charge in [0.05, 0.1) is 23.8 Å². The molecule has 1 fully saturated rings. The zero-order valence-electron chi connectivity index (χ0n) is 16.3. The van der Waals surface area contributed by atoms with Crippen LogP contribution in [0.1, 0.15) is 49.3 Å². The molecule has 7 heteroatoms. The summed E-state index contributed by atoms with van der Waals surface area (Å²) in [7, 11) is 1.65. The lowest BCUT2D eigenvalue weighted by Gasteiger charge is -2.50. The molecule has 1 aliphatic carbocycles. The van der Waals surface area contributed by atoms with Crippen LogP contribution in [0.4, 0.5) is 5.69 Å². The van der Waals surface area contributed by atoms with Crippen molar-refractivity contribution < 1.29 is 14.4 Å². The van der Waals surface area contributed by atoms with Gasteiger partial charge in [0.2, 0.25) is 0 Å². The van der Waals surface area contributed by atoms with E-state index in [0.29, 0.717) is 0 Å². The molecule has 1 saturated carbocycles. The Kier molecular flexibility index (Phi) is 4.20. The van der Waals surface area contributed by atoms with E-state index >= 15 is 0 Å². The van der Waals surface area contributed by atoms with Crippen molar-refractivity contribution in [3.8, 4) is 11.5 Å². The summed E-state index contributed by atoms with van der Waals surface area (Å²) in [6.07, 6.45) is 7.40. The Balaban J connectivity index is 1.58. The monoisotopic (exact) mass is 393 g/mol. The van der Waals surface area contributed by atoms with Crippen molar-refractivity contribution in [2.75, 3.05) is 7.11 Å². The van der Waals surface area contributed by atoms with Crippen LogP contribution in [-0.2, 0) is 0 Å². The summed E-state index contributed by atoms with van der Waals surface area (Å²) in [5.74, 6) is 1.55. The highest BCUT2D eigenvalue weighted by Gasteiger charge is 2.50. The van der Waals surface area contributed by atoms with Gasteiger partial charge in [-0.2, -0.15) is 5.01 Å². The SMILES string of the molecule is COc1ccc(C2=C[C@@H]3c4cc([N+](=O)[O-])ccc4OC4(CCCCC4)N3N2)cc1. The van der Waals surface area contributed by atoms with E-state index in [1.807, 2.05) is 24.3 Å². The van der Waals surface area contributed by atoms with Crippen LogP contribution in [0.25, 0.3) is 5.70 Å². The molecular formula is C22H23N3O4. The second kappa shape index (κ2) is 6.77. The predicted molar refractivity (Wildman–Crippen MR) is 108 cm³/mol. The van der Waals surface area contributed by atoms with Crippen LogP contribution in [0, 0.1) is 10.1 Å². The molecule has 29 heavy (non-hydrogen) atoms. The van der Waals surface area contributed by atoms with E-state index in [0.717, 1.165) is 54.0 Å². The van der Waals surface area contributed by atoms with Crippen LogP contribution in [-0.4, -0.2) is 22.8 Å². The number of nitro groups is 1. The Morgan fingerprint density at radius 3 is 2.62 bits per heavy atom. The van der Waals surface area contributed by atoms with Crippen molar-refractivity contribution in [1.29, 1.82) is 0 Å². The van der Waals surface area contributed by atoms with Crippen molar-refractivity contribution in [3.63, 3.8) is 0 Å². The average molecular weight is 393 g/mol. The van der Waals surface area contributed by atoms with Gasteiger partial charge in [0, 0.05) is 30.5 Å². The third-order valence-corrected chi connectivity index (χ3v) is 6.14. The molecule has 0 unspecified atom stereocenters. The molecule has 2 aromatic rings. The maximum atomic E-state index is 11.3. The van der Waals surface area contributed by atoms with Crippen LogP contribution >= 0.6 is 0 Å². The van der Waals surface area contributed by atoms with Crippen LogP contribution in [0.2, 0.25) is 0 Å². The van der Waals surface area contributed by atoms with Crippen molar-refractivity contribution in [1.82, 2.24) is 10.4 Å². The first-order valence-corrected chi connectivity index (χ1v) is 9.99. The summed E-state index contributed by atoms with van der Waals surface area (Å²) in [6, 6.07) is 12.7. The molecule has 7 nitrogen and oxygen atoms in total. The lowest BCUT2D eigenvalue weighted by Crippen LogP contribution is -2.60. The smallest absolute Gasteiger partial charge is 0.270 e. The van der Waals surface area contributed by atoms with Crippen LogP contribution < -0.4 is 14.9 Å². The summed E-state index contributed by atoms with van der Waals surface area (Å²) in [5, 5.41) is 13.5. The number of methoxy groups -OCH3 is 1. The van der Waals surface area contributed by atoms with Gasteiger partial charge in [-0.05, 0) is 54.8 Å². The Hall–Kier alpha value is -3.06. The molecular weight excluding hydrogens is 370 g/mol. The first-order valence-electron chi connectivity index (χ1n) is 9.99. The zero-order valence-corrected chi connectivity index (χ0v) is 16.3. The predicted octanol–water partition coefficient (Wildman–Crippen LogP) is 4.56. The summed E-state index contributed by atoms with van der Waals surface area (Å²) in [4.78, 5) is 11.0. The fourth-order valence-corrected chi connectivity index (χ4v) is 4.66. The molecule has 0 radical (unpaired) electrons. The topological polar surface area (TPSA) is 76.9 Å². The maximum absolute atomic E-state index is 11.3. The summed E-state index contributed by atoms with van der Waals surface area (Å²) < 4.78 is 11.8. The molecule has 1 N–H and O–H groups in total. The van der Waals surface area contributed by atoms with Crippen molar-refractivity contribution in [2.45, 2.75) is 43.9 Å². The van der Waals surface area contributed by atoms with Crippen LogP contribution in [0.15, 0.2) is 48.5 Å². The lowest BCUT2D eigenvalue weighted by atomic mass is 9.87. The molecule has 0 bridgehead atoms. The van der Waals surface area contributed by atoms with E-state index in [-0.39, 0.29) is 16.7 Å². The Morgan fingerprint density at radius 1 is 1.17 bits per heavy atom. The van der Waals surface area contributed by atoms with Gasteiger partial charge < -0.3 is 14.9 Å². The number of non-ortho nitro benzene ring substituents is 1. The number of ether oxygens (including phenoxy) is 2. The summed E-state index contributed by atoms with van der Waals surface area (Å²) in [6.45, 7) is 0. The number of benzene rings is 2. The van der Waals surface area contributed by atoms with E-state index in [2.05, 4.69) is 16.5 Å². The molecule has 2 heterocycles. The van der Waals surface area contributed by atoms with E-state index in [1.165, 1.54) is 12.5 Å². The fraction of sp³-hybridized carbons (Fsp3) is 0.364. The normalized spacial score (nSPS) is 22.1. The third kappa shape index (κ3) is 2.93. The Labute approximate surface area is 169 Å². The van der Waals surface area contributed by atoms with E-state index in [1.54, 1.807) is 19.2 Å². The zero-order chi connectivity index (χ0) is 20.0. The molecule has 0 amide bonds. The molecule has 0 saturated heterocycles. The van der Waals surface area contributed by atoms with E-state index in [4.69, 9.17) is 9.47 Å². The molecule has 3 aliphatic rings. The highest BCUT2D eigenvalue weighted by molar-refractivity contribution is 5.68. The number of nitro benzene ring substituents is 1. The minimum atomic E-state index is -0.434. The quantitative estimate of drug-likeness (QED) is 0.609. The molecule has 0 aromatic heterocycles. The van der Waals surface area contributed by atoms with Crippen molar-refractivity contribution >= 4 is 11.4 Å². The standard InChI is InChI=1S/C22H23N3O4/c1-28-17-8-5-15(6-9-17)19-14-20-18-13-16(25(26)27)7-10-21(18)29-22(24(20)23-19)11-3-2-4-12-22/h5-10,13-14,20,23H,2-4,11-12H2,1H3/t20-/m1/s1. The Bertz CT molecular complexity index is 980. The molecule has 1 atom stereocenters. The van der Waals surface area contributed by atoms with Gasteiger partial charge in [-0.1, -0.05) is 6.42 Å². The number of nitrogens with one attached hydrogen (secondary N) is 1.